The SMILES string of the molecule is CC1C(C)C2CC(C)(C)C(C1C)C2C. The molecule has 0 heterocycles. The second kappa shape index (κ2) is 3.00. The van der Waals surface area contributed by atoms with Crippen molar-refractivity contribution in [3.05, 3.63) is 0 Å². The summed E-state index contributed by atoms with van der Waals surface area (Å²) in [4.78, 5) is 0. The first kappa shape index (κ1) is 10.5. The van der Waals surface area contributed by atoms with Gasteiger partial charge in [-0.15, -0.1) is 0 Å². The fraction of sp³-hybridized carbons (Fsp3) is 1.00. The van der Waals surface area contributed by atoms with E-state index in [-0.39, 0.29) is 0 Å². The van der Waals surface area contributed by atoms with Crippen LogP contribution in [0, 0.1) is 40.9 Å². The molecule has 0 amide bonds. The van der Waals surface area contributed by atoms with Gasteiger partial charge in [-0.25, -0.2) is 0 Å². The number of rotatable bonds is 0. The van der Waals surface area contributed by atoms with E-state index in [4.69, 9.17) is 0 Å². The molecule has 2 saturated carbocycles. The molecule has 2 aliphatic rings. The zero-order chi connectivity index (χ0) is 10.7. The van der Waals surface area contributed by atoms with Crippen molar-refractivity contribution in [3.8, 4) is 0 Å². The Balaban J connectivity index is 2.35. The third kappa shape index (κ3) is 1.19. The fourth-order valence-corrected chi connectivity index (χ4v) is 4.96. The Morgan fingerprint density at radius 1 is 0.786 bits per heavy atom. The molecule has 0 saturated heterocycles. The Hall–Kier alpha value is 0. The molecule has 14 heavy (non-hydrogen) atoms. The molecule has 2 aliphatic carbocycles. The Morgan fingerprint density at radius 2 is 1.36 bits per heavy atom. The summed E-state index contributed by atoms with van der Waals surface area (Å²) in [6.07, 6.45) is 1.47. The van der Waals surface area contributed by atoms with Crippen LogP contribution in [0.3, 0.4) is 0 Å². The predicted octanol–water partition coefficient (Wildman–Crippen LogP) is 4.21. The molecule has 6 unspecified atom stereocenters. The molecule has 2 fully saturated rings. The maximum absolute atomic E-state index is 2.50. The summed E-state index contributed by atoms with van der Waals surface area (Å²) >= 11 is 0. The van der Waals surface area contributed by atoms with E-state index in [1.165, 1.54) is 6.42 Å². The van der Waals surface area contributed by atoms with Gasteiger partial charge in [-0.1, -0.05) is 41.5 Å². The largest absolute Gasteiger partial charge is 0.0620 e. The van der Waals surface area contributed by atoms with Crippen molar-refractivity contribution in [3.63, 3.8) is 0 Å². The van der Waals surface area contributed by atoms with Crippen LogP contribution in [0.25, 0.3) is 0 Å². The monoisotopic (exact) mass is 194 g/mol. The molecule has 0 aromatic heterocycles. The van der Waals surface area contributed by atoms with Crippen LogP contribution < -0.4 is 0 Å². The molecular formula is C14H26. The average Bonchev–Trinajstić information content (AvgIpc) is 2.28. The van der Waals surface area contributed by atoms with Crippen molar-refractivity contribution < 1.29 is 0 Å². The normalized spacial score (nSPS) is 56.1. The molecule has 82 valence electrons. The average molecular weight is 194 g/mol. The van der Waals surface area contributed by atoms with Gasteiger partial charge in [0.15, 0.2) is 0 Å². The van der Waals surface area contributed by atoms with Crippen molar-refractivity contribution in [2.24, 2.45) is 40.9 Å². The van der Waals surface area contributed by atoms with E-state index in [1.54, 1.807) is 0 Å². The molecule has 0 heteroatoms. The van der Waals surface area contributed by atoms with Crippen LogP contribution in [0.1, 0.15) is 48.0 Å². The van der Waals surface area contributed by atoms with Crippen LogP contribution in [0.4, 0.5) is 0 Å². The lowest BCUT2D eigenvalue weighted by molar-refractivity contribution is 0.0377. The maximum atomic E-state index is 2.50. The molecule has 0 spiro atoms. The first-order valence-electron chi connectivity index (χ1n) is 6.36. The number of hydrogen-bond acceptors (Lipinski definition) is 0. The third-order valence-corrected chi connectivity index (χ3v) is 5.81. The van der Waals surface area contributed by atoms with Crippen molar-refractivity contribution in [2.45, 2.75) is 48.0 Å². The van der Waals surface area contributed by atoms with Gasteiger partial charge < -0.3 is 0 Å². The lowest BCUT2D eigenvalue weighted by atomic mass is 9.61. The topological polar surface area (TPSA) is 0 Å². The molecule has 2 rings (SSSR count). The Labute approximate surface area is 89.5 Å². The van der Waals surface area contributed by atoms with Crippen molar-refractivity contribution in [2.75, 3.05) is 0 Å². The van der Waals surface area contributed by atoms with Gasteiger partial charge >= 0.3 is 0 Å². The minimum atomic E-state index is 0.600. The van der Waals surface area contributed by atoms with Gasteiger partial charge in [0.05, 0.1) is 0 Å². The van der Waals surface area contributed by atoms with Gasteiger partial charge in [-0.05, 0) is 47.3 Å². The molecule has 0 aromatic rings. The second-order valence-electron chi connectivity index (χ2n) is 6.82. The zero-order valence-corrected chi connectivity index (χ0v) is 10.7. The third-order valence-electron chi connectivity index (χ3n) is 5.81. The van der Waals surface area contributed by atoms with Crippen LogP contribution in [-0.2, 0) is 0 Å². The van der Waals surface area contributed by atoms with Crippen molar-refractivity contribution in [1.82, 2.24) is 0 Å². The van der Waals surface area contributed by atoms with Gasteiger partial charge in [0, 0.05) is 0 Å². The van der Waals surface area contributed by atoms with E-state index < -0.39 is 0 Å². The summed E-state index contributed by atoms with van der Waals surface area (Å²) in [5.74, 6) is 5.74. The number of hydrogen-bond donors (Lipinski definition) is 0. The summed E-state index contributed by atoms with van der Waals surface area (Å²) < 4.78 is 0. The van der Waals surface area contributed by atoms with Crippen LogP contribution in [-0.4, -0.2) is 0 Å². The van der Waals surface area contributed by atoms with Gasteiger partial charge in [0.1, 0.15) is 0 Å². The molecule has 0 radical (unpaired) electrons. The molecule has 6 atom stereocenters. The molecule has 0 aromatic carbocycles. The second-order valence-corrected chi connectivity index (χ2v) is 6.82. The van der Waals surface area contributed by atoms with E-state index in [0.717, 1.165) is 35.5 Å². The molecule has 2 bridgehead atoms. The van der Waals surface area contributed by atoms with Crippen LogP contribution >= 0.6 is 0 Å². The highest BCUT2D eigenvalue weighted by molar-refractivity contribution is 5.03. The summed E-state index contributed by atoms with van der Waals surface area (Å²) in [6.45, 7) is 14.9. The van der Waals surface area contributed by atoms with Gasteiger partial charge in [0.2, 0.25) is 0 Å². The van der Waals surface area contributed by atoms with Gasteiger partial charge in [-0.3, -0.25) is 0 Å². The van der Waals surface area contributed by atoms with Gasteiger partial charge in [0.25, 0.3) is 0 Å². The van der Waals surface area contributed by atoms with E-state index in [0.29, 0.717) is 5.41 Å². The van der Waals surface area contributed by atoms with Crippen LogP contribution in [0.2, 0.25) is 0 Å². The summed E-state index contributed by atoms with van der Waals surface area (Å²) in [7, 11) is 0. The summed E-state index contributed by atoms with van der Waals surface area (Å²) in [5.41, 5.74) is 0.600. The maximum Gasteiger partial charge on any atom is -0.0306 e. The number of fused-ring (bicyclic) bond motifs is 2. The highest BCUT2D eigenvalue weighted by Gasteiger charge is 2.55. The first-order valence-corrected chi connectivity index (χ1v) is 6.36. The van der Waals surface area contributed by atoms with E-state index >= 15 is 0 Å². The van der Waals surface area contributed by atoms with E-state index in [1.807, 2.05) is 0 Å². The van der Waals surface area contributed by atoms with E-state index in [2.05, 4.69) is 41.5 Å². The van der Waals surface area contributed by atoms with Crippen molar-refractivity contribution in [1.29, 1.82) is 0 Å². The molecular weight excluding hydrogens is 168 g/mol. The summed E-state index contributed by atoms with van der Waals surface area (Å²) in [5, 5.41) is 0. The Kier molecular flexibility index (Phi) is 2.25. The highest BCUT2D eigenvalue weighted by atomic mass is 14.6. The van der Waals surface area contributed by atoms with Crippen molar-refractivity contribution >= 4 is 0 Å². The Bertz CT molecular complexity index is 228. The smallest absolute Gasteiger partial charge is 0.0306 e. The Morgan fingerprint density at radius 3 is 1.93 bits per heavy atom. The zero-order valence-electron chi connectivity index (χ0n) is 10.7. The van der Waals surface area contributed by atoms with Gasteiger partial charge in [-0.2, -0.15) is 0 Å². The predicted molar refractivity (Wildman–Crippen MR) is 62.0 cm³/mol. The molecule has 0 nitrogen and oxygen atoms in total. The summed E-state index contributed by atoms with van der Waals surface area (Å²) in [6, 6.07) is 0. The lowest BCUT2D eigenvalue weighted by Gasteiger charge is -2.44. The van der Waals surface area contributed by atoms with Crippen LogP contribution in [0.5, 0.6) is 0 Å². The quantitative estimate of drug-likeness (QED) is 0.542. The van der Waals surface area contributed by atoms with Crippen LogP contribution in [0.15, 0.2) is 0 Å². The first-order chi connectivity index (χ1) is 6.36. The molecule has 0 aliphatic heterocycles. The minimum absolute atomic E-state index is 0.600. The lowest BCUT2D eigenvalue weighted by Crippen LogP contribution is -2.39. The highest BCUT2D eigenvalue weighted by Crippen LogP contribution is 2.61. The minimum Gasteiger partial charge on any atom is -0.0620 e. The standard InChI is InChI=1S/C14H26/c1-8-9(2)12-7-14(5,6)13(10(8)3)11(12)4/h8-13H,7H2,1-6H3. The fourth-order valence-electron chi connectivity index (χ4n) is 4.96. The molecule has 0 N–H and O–H groups in total. The van der Waals surface area contributed by atoms with E-state index in [9.17, 15) is 0 Å².